The van der Waals surface area contributed by atoms with Crippen LogP contribution in [0.1, 0.15) is 32.4 Å². The van der Waals surface area contributed by atoms with Crippen LogP contribution in [0.2, 0.25) is 0 Å². The molecule has 0 aliphatic rings. The number of carbonyl (C=O) groups is 1. The van der Waals surface area contributed by atoms with E-state index in [0.717, 1.165) is 5.56 Å². The van der Waals surface area contributed by atoms with Crippen LogP contribution >= 0.6 is 0 Å². The van der Waals surface area contributed by atoms with E-state index < -0.39 is 28.6 Å². The lowest BCUT2D eigenvalue weighted by Gasteiger charge is -2.30. The zero-order valence-electron chi connectivity index (χ0n) is 16.7. The lowest BCUT2D eigenvalue weighted by Crippen LogP contribution is -2.46. The van der Waals surface area contributed by atoms with Crippen molar-refractivity contribution in [3.05, 3.63) is 56.3 Å². The third kappa shape index (κ3) is 4.87. The van der Waals surface area contributed by atoms with E-state index in [4.69, 9.17) is 4.74 Å². The van der Waals surface area contributed by atoms with Gasteiger partial charge in [-0.25, -0.2) is 4.79 Å². The Morgan fingerprint density at radius 1 is 1.04 bits per heavy atom. The third-order valence-corrected chi connectivity index (χ3v) is 4.04. The second kappa shape index (κ2) is 7.82. The molecule has 7 nitrogen and oxygen atoms in total. The van der Waals surface area contributed by atoms with Crippen molar-refractivity contribution in [2.45, 2.75) is 32.4 Å². The van der Waals surface area contributed by atoms with E-state index in [1.54, 1.807) is 51.7 Å². The number of amides is 1. The number of anilines is 2. The summed E-state index contributed by atoms with van der Waals surface area (Å²) in [6, 6.07) is 9.02. The van der Waals surface area contributed by atoms with E-state index in [2.05, 4.69) is 5.32 Å². The lowest BCUT2D eigenvalue weighted by molar-refractivity contribution is 0.0505. The predicted molar refractivity (Wildman–Crippen MR) is 108 cm³/mol. The molecule has 2 aromatic carbocycles. The van der Waals surface area contributed by atoms with Crippen LogP contribution in [0.5, 0.6) is 0 Å². The molecule has 0 radical (unpaired) electrons. The fourth-order valence-corrected chi connectivity index (χ4v) is 2.87. The summed E-state index contributed by atoms with van der Waals surface area (Å²) in [4.78, 5) is 39.5. The number of ether oxygens (including phenoxy) is 1. The highest BCUT2D eigenvalue weighted by atomic mass is 16.6. The molecule has 0 aliphatic carbocycles. The van der Waals surface area contributed by atoms with Gasteiger partial charge in [0.25, 0.3) is 10.9 Å². The quantitative estimate of drug-likeness (QED) is 0.781. The molecular formula is C20H27N3O4. The monoisotopic (exact) mass is 373 g/mol. The van der Waals surface area contributed by atoms with Crippen molar-refractivity contribution in [1.29, 1.82) is 0 Å². The predicted octanol–water partition coefficient (Wildman–Crippen LogP) is 2.05. The lowest BCUT2D eigenvalue weighted by atomic mass is 10.1. The molecule has 0 fully saturated rings. The number of nitrogens with zero attached hydrogens (tertiary/aromatic N) is 2. The van der Waals surface area contributed by atoms with Gasteiger partial charge in [-0.15, -0.1) is 0 Å². The Morgan fingerprint density at radius 3 is 2.11 bits per heavy atom. The maximum atomic E-state index is 12.3. The van der Waals surface area contributed by atoms with Gasteiger partial charge in [0, 0.05) is 27.7 Å². The number of rotatable bonds is 6. The molecule has 7 heteroatoms. The second-order valence-electron chi connectivity index (χ2n) is 7.74. The van der Waals surface area contributed by atoms with Gasteiger partial charge >= 0.3 is 6.09 Å². The Hall–Kier alpha value is -2.83. The van der Waals surface area contributed by atoms with Gasteiger partial charge in [-0.05, 0) is 26.3 Å². The number of likely N-dealkylation sites (N-methyl/N-ethyl adjacent to an activating group) is 1. The molecule has 0 heterocycles. The number of alkyl carbamates (subject to hydrolysis) is 1. The standard InChI is InChI=1S/C20H27N3O4/c1-20(2,3)27-19(26)21-14(13-10-8-7-9-11-13)12-23(6)16-15(22(4)5)17(24)18(16)25/h7-11,14H,12H2,1-6H3,(H,21,26)/t14-/m1/s1. The van der Waals surface area contributed by atoms with Gasteiger partial charge in [0.15, 0.2) is 0 Å². The van der Waals surface area contributed by atoms with Crippen molar-refractivity contribution >= 4 is 17.5 Å². The van der Waals surface area contributed by atoms with Crippen molar-refractivity contribution in [3.8, 4) is 0 Å². The van der Waals surface area contributed by atoms with E-state index in [0.29, 0.717) is 17.9 Å². The normalized spacial score (nSPS) is 12.5. The molecule has 146 valence electrons. The first-order valence-corrected chi connectivity index (χ1v) is 8.77. The van der Waals surface area contributed by atoms with Gasteiger partial charge in [-0.2, -0.15) is 0 Å². The molecule has 0 aliphatic heterocycles. The molecule has 2 rings (SSSR count). The van der Waals surface area contributed by atoms with Crippen molar-refractivity contribution < 1.29 is 9.53 Å². The summed E-state index contributed by atoms with van der Waals surface area (Å²) in [5.74, 6) is 0. The highest BCUT2D eigenvalue weighted by Crippen LogP contribution is 2.24. The minimum absolute atomic E-state index is 0.314. The van der Waals surface area contributed by atoms with Gasteiger partial charge in [0.05, 0.1) is 6.04 Å². The summed E-state index contributed by atoms with van der Waals surface area (Å²) in [6.07, 6.45) is -0.539. The van der Waals surface area contributed by atoms with Crippen molar-refractivity contribution in [2.75, 3.05) is 37.5 Å². The van der Waals surface area contributed by atoms with E-state index in [9.17, 15) is 14.4 Å². The molecule has 1 N–H and O–H groups in total. The molecule has 1 atom stereocenters. The molecule has 0 bridgehead atoms. The van der Waals surface area contributed by atoms with Gasteiger partial charge in [-0.3, -0.25) is 9.59 Å². The smallest absolute Gasteiger partial charge is 0.408 e. The average molecular weight is 373 g/mol. The van der Waals surface area contributed by atoms with Crippen LogP contribution < -0.4 is 26.0 Å². The first-order valence-electron chi connectivity index (χ1n) is 8.77. The largest absolute Gasteiger partial charge is 0.444 e. The van der Waals surface area contributed by atoms with E-state index in [-0.39, 0.29) is 0 Å². The minimum Gasteiger partial charge on any atom is -0.444 e. The molecule has 0 spiro atoms. The SMILES string of the molecule is CN(C)c1c(N(C)C[C@@H](NC(=O)OC(C)(C)C)c2ccccc2)c(=O)c1=O. The first kappa shape index (κ1) is 20.5. The fourth-order valence-electron chi connectivity index (χ4n) is 2.87. The van der Waals surface area contributed by atoms with Crippen molar-refractivity contribution in [2.24, 2.45) is 0 Å². The molecular weight excluding hydrogens is 346 g/mol. The Labute approximate surface area is 159 Å². The summed E-state index contributed by atoms with van der Waals surface area (Å²) >= 11 is 0. The summed E-state index contributed by atoms with van der Waals surface area (Å²) < 4.78 is 5.36. The van der Waals surface area contributed by atoms with Gasteiger partial charge in [0.1, 0.15) is 17.0 Å². The molecule has 27 heavy (non-hydrogen) atoms. The van der Waals surface area contributed by atoms with Crippen LogP contribution in [-0.2, 0) is 4.74 Å². The van der Waals surface area contributed by atoms with Crippen LogP contribution in [0.25, 0.3) is 0 Å². The van der Waals surface area contributed by atoms with E-state index in [1.165, 1.54) is 0 Å². The minimum atomic E-state index is -0.617. The summed E-state index contributed by atoms with van der Waals surface area (Å²) in [5.41, 5.74) is 0.00101. The number of benzene rings is 1. The van der Waals surface area contributed by atoms with Crippen LogP contribution in [0.15, 0.2) is 39.9 Å². The number of carbonyl (C=O) groups excluding carboxylic acids is 1. The Balaban J connectivity index is 2.25. The summed E-state index contributed by atoms with van der Waals surface area (Å²) in [5, 5.41) is 2.86. The van der Waals surface area contributed by atoms with Crippen LogP contribution in [0.3, 0.4) is 0 Å². The average Bonchev–Trinajstić information content (AvgIpc) is 2.56. The Bertz CT molecular complexity index is 862. The molecule has 0 unspecified atom stereocenters. The van der Waals surface area contributed by atoms with Gasteiger partial charge in [-0.1, -0.05) is 30.3 Å². The zero-order valence-corrected chi connectivity index (χ0v) is 16.7. The van der Waals surface area contributed by atoms with Crippen molar-refractivity contribution in [3.63, 3.8) is 0 Å². The maximum Gasteiger partial charge on any atom is 0.408 e. The highest BCUT2D eigenvalue weighted by Gasteiger charge is 2.28. The van der Waals surface area contributed by atoms with Crippen LogP contribution in [0.4, 0.5) is 16.2 Å². The summed E-state index contributed by atoms with van der Waals surface area (Å²) in [7, 11) is 5.18. The van der Waals surface area contributed by atoms with E-state index in [1.807, 2.05) is 30.3 Å². The number of hydrogen-bond donors (Lipinski definition) is 1. The topological polar surface area (TPSA) is 79.0 Å². The zero-order chi connectivity index (χ0) is 20.4. The first-order chi connectivity index (χ1) is 12.5. The number of nitrogens with one attached hydrogen (secondary N) is 1. The number of hydrogen-bond acceptors (Lipinski definition) is 6. The third-order valence-electron chi connectivity index (χ3n) is 4.04. The molecule has 0 saturated carbocycles. The van der Waals surface area contributed by atoms with Crippen molar-refractivity contribution in [1.82, 2.24) is 5.32 Å². The fraction of sp³-hybridized carbons (Fsp3) is 0.450. The van der Waals surface area contributed by atoms with E-state index >= 15 is 0 Å². The molecule has 1 amide bonds. The second-order valence-corrected chi connectivity index (χ2v) is 7.74. The van der Waals surface area contributed by atoms with Gasteiger partial charge in [0.2, 0.25) is 0 Å². The maximum absolute atomic E-state index is 12.3. The highest BCUT2D eigenvalue weighted by molar-refractivity contribution is 5.76. The summed E-state index contributed by atoms with van der Waals surface area (Å²) in [6.45, 7) is 5.70. The molecule has 2 aromatic rings. The Kier molecular flexibility index (Phi) is 5.93. The molecule has 0 aromatic heterocycles. The van der Waals surface area contributed by atoms with Gasteiger partial charge < -0.3 is 19.9 Å². The van der Waals surface area contributed by atoms with Crippen LogP contribution in [-0.4, -0.2) is 39.4 Å². The van der Waals surface area contributed by atoms with Crippen LogP contribution in [0, 0.1) is 0 Å². The Morgan fingerprint density at radius 2 is 1.59 bits per heavy atom. The molecule has 0 saturated heterocycles.